The summed E-state index contributed by atoms with van der Waals surface area (Å²) in [6.07, 6.45) is 10.4. The lowest BCUT2D eigenvalue weighted by molar-refractivity contribution is -0.133. The summed E-state index contributed by atoms with van der Waals surface area (Å²) in [5, 5.41) is 3.20. The second kappa shape index (κ2) is 8.80. The van der Waals surface area contributed by atoms with Gasteiger partial charge in [0.05, 0.1) is 6.42 Å². The van der Waals surface area contributed by atoms with Crippen LogP contribution >= 0.6 is 0 Å². The van der Waals surface area contributed by atoms with Crippen molar-refractivity contribution in [1.82, 2.24) is 20.2 Å². The first-order chi connectivity index (χ1) is 14.0. The molecule has 0 unspecified atom stereocenters. The summed E-state index contributed by atoms with van der Waals surface area (Å²) in [7, 11) is 0. The van der Waals surface area contributed by atoms with E-state index in [0.717, 1.165) is 74.4 Å². The number of amides is 2. The lowest BCUT2D eigenvalue weighted by atomic mass is 9.95. The van der Waals surface area contributed by atoms with E-state index >= 15 is 0 Å². The maximum atomic E-state index is 12.5. The topological polar surface area (TPSA) is 75.2 Å². The highest BCUT2D eigenvalue weighted by atomic mass is 16.2. The number of rotatable bonds is 5. The van der Waals surface area contributed by atoms with Crippen LogP contribution in [0.15, 0.2) is 0 Å². The number of hydrogen-bond donors (Lipinski definition) is 1. The Morgan fingerprint density at radius 3 is 2.31 bits per heavy atom. The van der Waals surface area contributed by atoms with Gasteiger partial charge in [0.25, 0.3) is 0 Å². The van der Waals surface area contributed by atoms with E-state index in [1.807, 2.05) is 18.7 Å². The maximum Gasteiger partial charge on any atom is 0.225 e. The van der Waals surface area contributed by atoms with Crippen LogP contribution in [0.2, 0.25) is 0 Å². The van der Waals surface area contributed by atoms with Gasteiger partial charge in [0.15, 0.2) is 0 Å². The zero-order chi connectivity index (χ0) is 20.4. The molecule has 158 valence electrons. The normalized spacial score (nSPS) is 23.1. The molecule has 1 saturated heterocycles. The first-order valence-electron chi connectivity index (χ1n) is 11.4. The standard InChI is InChI=1S/C23H34N4O2/c1-15-20(13-21(28)26-19-8-4-3-5-9-19)16(2)25-22(24-15)18-7-6-12-27(14-18)23(29)17-10-11-17/h17-19H,3-14H2,1-2H3,(H,26,28)/t18-/m1/s1. The molecule has 4 rings (SSSR count). The van der Waals surface area contributed by atoms with Gasteiger partial charge in [-0.1, -0.05) is 19.3 Å². The number of carbonyl (C=O) groups is 2. The molecular formula is C23H34N4O2. The van der Waals surface area contributed by atoms with Gasteiger partial charge in [0.2, 0.25) is 11.8 Å². The summed E-state index contributed by atoms with van der Waals surface area (Å²) in [5.41, 5.74) is 2.75. The second-order valence-electron chi connectivity index (χ2n) is 9.21. The van der Waals surface area contributed by atoms with E-state index in [9.17, 15) is 9.59 Å². The average Bonchev–Trinajstić information content (AvgIpc) is 3.56. The highest BCUT2D eigenvalue weighted by molar-refractivity contribution is 5.81. The second-order valence-corrected chi connectivity index (χ2v) is 9.21. The van der Waals surface area contributed by atoms with Crippen LogP contribution in [-0.2, 0) is 16.0 Å². The smallest absolute Gasteiger partial charge is 0.225 e. The van der Waals surface area contributed by atoms with Gasteiger partial charge in [-0.3, -0.25) is 9.59 Å². The average molecular weight is 399 g/mol. The number of nitrogens with one attached hydrogen (secondary N) is 1. The van der Waals surface area contributed by atoms with Crippen molar-refractivity contribution in [1.29, 1.82) is 0 Å². The third-order valence-electron chi connectivity index (χ3n) is 6.77. The molecule has 1 N–H and O–H groups in total. The fraction of sp³-hybridized carbons (Fsp3) is 0.739. The Balaban J connectivity index is 1.41. The minimum absolute atomic E-state index is 0.0818. The Morgan fingerprint density at radius 1 is 0.966 bits per heavy atom. The van der Waals surface area contributed by atoms with Gasteiger partial charge >= 0.3 is 0 Å². The van der Waals surface area contributed by atoms with Crippen molar-refractivity contribution in [3.05, 3.63) is 22.8 Å². The zero-order valence-corrected chi connectivity index (χ0v) is 17.9. The van der Waals surface area contributed by atoms with Crippen molar-refractivity contribution in [3.63, 3.8) is 0 Å². The molecule has 6 heteroatoms. The van der Waals surface area contributed by atoms with Gasteiger partial charge in [-0.05, 0) is 52.4 Å². The van der Waals surface area contributed by atoms with Crippen molar-refractivity contribution in [2.24, 2.45) is 5.92 Å². The van der Waals surface area contributed by atoms with E-state index in [1.54, 1.807) is 0 Å². The van der Waals surface area contributed by atoms with Gasteiger partial charge in [-0.25, -0.2) is 9.97 Å². The number of piperidine rings is 1. The molecule has 6 nitrogen and oxygen atoms in total. The van der Waals surface area contributed by atoms with Crippen LogP contribution in [0.25, 0.3) is 0 Å². The lowest BCUT2D eigenvalue weighted by Gasteiger charge is -2.32. The number of likely N-dealkylation sites (tertiary alicyclic amines) is 1. The molecule has 0 bridgehead atoms. The minimum atomic E-state index is 0.0818. The van der Waals surface area contributed by atoms with E-state index in [0.29, 0.717) is 18.4 Å². The molecule has 3 aliphatic rings. The van der Waals surface area contributed by atoms with Crippen LogP contribution in [-0.4, -0.2) is 45.8 Å². The summed E-state index contributed by atoms with van der Waals surface area (Å²) < 4.78 is 0. The molecule has 0 spiro atoms. The fourth-order valence-corrected chi connectivity index (χ4v) is 4.87. The monoisotopic (exact) mass is 398 g/mol. The first-order valence-corrected chi connectivity index (χ1v) is 11.4. The Labute approximate surface area is 173 Å². The molecule has 1 aromatic rings. The molecule has 3 fully saturated rings. The number of hydrogen-bond acceptors (Lipinski definition) is 4. The zero-order valence-electron chi connectivity index (χ0n) is 17.9. The number of aromatic nitrogens is 2. The molecule has 0 radical (unpaired) electrons. The van der Waals surface area contributed by atoms with Gasteiger partial charge < -0.3 is 10.2 Å². The third-order valence-corrected chi connectivity index (χ3v) is 6.77. The molecule has 2 aliphatic carbocycles. The van der Waals surface area contributed by atoms with E-state index < -0.39 is 0 Å². The van der Waals surface area contributed by atoms with Crippen LogP contribution in [0.1, 0.15) is 86.5 Å². The fourth-order valence-electron chi connectivity index (χ4n) is 4.87. The summed E-state index contributed by atoms with van der Waals surface area (Å²) in [6, 6.07) is 0.328. The molecule has 1 aromatic heterocycles. The van der Waals surface area contributed by atoms with Gasteiger partial charge in [-0.15, -0.1) is 0 Å². The number of aryl methyl sites for hydroxylation is 2. The van der Waals surface area contributed by atoms with Crippen LogP contribution < -0.4 is 5.32 Å². The van der Waals surface area contributed by atoms with Crippen molar-refractivity contribution in [3.8, 4) is 0 Å². The molecule has 1 aliphatic heterocycles. The van der Waals surface area contributed by atoms with Gasteiger partial charge in [0, 0.05) is 47.9 Å². The Morgan fingerprint density at radius 2 is 1.66 bits per heavy atom. The third kappa shape index (κ3) is 4.96. The van der Waals surface area contributed by atoms with Crippen LogP contribution in [0.4, 0.5) is 0 Å². The summed E-state index contributed by atoms with van der Waals surface area (Å²) in [6.45, 7) is 5.56. The van der Waals surface area contributed by atoms with Crippen molar-refractivity contribution >= 4 is 11.8 Å². The molecule has 2 amide bonds. The van der Waals surface area contributed by atoms with Crippen molar-refractivity contribution in [2.45, 2.75) is 90.0 Å². The SMILES string of the molecule is Cc1nc([C@@H]2CCCN(C(=O)C3CC3)C2)nc(C)c1CC(=O)NC1CCCCC1. The summed E-state index contributed by atoms with van der Waals surface area (Å²) in [5.74, 6) is 1.71. The molecule has 2 heterocycles. The summed E-state index contributed by atoms with van der Waals surface area (Å²) >= 11 is 0. The van der Waals surface area contributed by atoms with Crippen LogP contribution in [0, 0.1) is 19.8 Å². The highest BCUT2D eigenvalue weighted by Crippen LogP contribution is 2.34. The summed E-state index contributed by atoms with van der Waals surface area (Å²) in [4.78, 5) is 36.6. The predicted molar refractivity (Wildman–Crippen MR) is 112 cm³/mol. The number of carbonyl (C=O) groups excluding carboxylic acids is 2. The highest BCUT2D eigenvalue weighted by Gasteiger charge is 2.36. The van der Waals surface area contributed by atoms with E-state index in [2.05, 4.69) is 5.32 Å². The van der Waals surface area contributed by atoms with Gasteiger partial charge in [0.1, 0.15) is 5.82 Å². The predicted octanol–water partition coefficient (Wildman–Crippen LogP) is 3.20. The molecule has 29 heavy (non-hydrogen) atoms. The Bertz CT molecular complexity index is 745. The molecular weight excluding hydrogens is 364 g/mol. The lowest BCUT2D eigenvalue weighted by Crippen LogP contribution is -2.40. The molecule has 2 saturated carbocycles. The van der Waals surface area contributed by atoms with Crippen molar-refractivity contribution in [2.75, 3.05) is 13.1 Å². The Kier molecular flexibility index (Phi) is 6.16. The van der Waals surface area contributed by atoms with E-state index in [-0.39, 0.29) is 17.7 Å². The van der Waals surface area contributed by atoms with Crippen molar-refractivity contribution < 1.29 is 9.59 Å². The number of nitrogens with zero attached hydrogens (tertiary/aromatic N) is 3. The molecule has 0 aromatic carbocycles. The van der Waals surface area contributed by atoms with Crippen LogP contribution in [0.3, 0.4) is 0 Å². The van der Waals surface area contributed by atoms with Crippen LogP contribution in [0.5, 0.6) is 0 Å². The largest absolute Gasteiger partial charge is 0.353 e. The quantitative estimate of drug-likeness (QED) is 0.826. The van der Waals surface area contributed by atoms with E-state index in [1.165, 1.54) is 19.3 Å². The molecule has 1 atom stereocenters. The first kappa shape index (κ1) is 20.3. The van der Waals surface area contributed by atoms with E-state index in [4.69, 9.17) is 9.97 Å². The maximum absolute atomic E-state index is 12.5. The Hall–Kier alpha value is -1.98. The minimum Gasteiger partial charge on any atom is -0.353 e. The van der Waals surface area contributed by atoms with Gasteiger partial charge in [-0.2, -0.15) is 0 Å².